The number of rotatable bonds is 5. The summed E-state index contributed by atoms with van der Waals surface area (Å²) < 4.78 is 1.34. The smallest absolute Gasteiger partial charge is 0.375 e. The van der Waals surface area contributed by atoms with Gasteiger partial charge in [-0.2, -0.15) is 9.50 Å². The third kappa shape index (κ3) is 3.52. The molecule has 0 bridgehead atoms. The minimum atomic E-state index is -1.26. The number of hydrogen-bond donors (Lipinski definition) is 3. The lowest BCUT2D eigenvalue weighted by Gasteiger charge is -2.16. The largest absolute Gasteiger partial charge is 0.475 e. The van der Waals surface area contributed by atoms with Gasteiger partial charge >= 0.3 is 13.0 Å². The number of aromatic nitrogens is 4. The van der Waals surface area contributed by atoms with Crippen molar-refractivity contribution < 1.29 is 14.9 Å². The van der Waals surface area contributed by atoms with Crippen molar-refractivity contribution in [2.75, 3.05) is 0 Å². The Kier molecular flexibility index (Phi) is 5.15. The highest BCUT2D eigenvalue weighted by molar-refractivity contribution is 6.45. The van der Waals surface area contributed by atoms with E-state index in [2.05, 4.69) is 20.3 Å². The molecule has 3 N–H and O–H groups in total. The fraction of sp³-hybridized carbons (Fsp3) is 0.200. The van der Waals surface area contributed by atoms with Gasteiger partial charge < -0.3 is 15.4 Å². The van der Waals surface area contributed by atoms with Crippen LogP contribution in [0.3, 0.4) is 0 Å². The number of nitrogens with zero attached hydrogens (tertiary/aromatic N) is 4. The van der Waals surface area contributed by atoms with Crippen molar-refractivity contribution in [1.82, 2.24) is 24.8 Å². The molecule has 0 spiro atoms. The lowest BCUT2D eigenvalue weighted by molar-refractivity contribution is 0.0684. The van der Waals surface area contributed by atoms with Gasteiger partial charge in [-0.25, -0.2) is 9.78 Å². The molecule has 3 aromatic rings. The fourth-order valence-corrected chi connectivity index (χ4v) is 3.05. The summed E-state index contributed by atoms with van der Waals surface area (Å²) in [6.45, 7) is 3.62. The molecule has 0 unspecified atom stereocenters. The summed E-state index contributed by atoms with van der Waals surface area (Å²) in [4.78, 5) is 19.5. The number of carboxylic acids is 1. The van der Waals surface area contributed by atoms with Crippen LogP contribution in [0.25, 0.3) is 17.0 Å². The molecule has 0 aliphatic carbocycles. The highest BCUT2D eigenvalue weighted by Gasteiger charge is 2.22. The third-order valence-electron chi connectivity index (χ3n) is 3.74. The van der Waals surface area contributed by atoms with Crippen LogP contribution in [0.1, 0.15) is 21.9 Å². The maximum Gasteiger partial charge on any atom is 0.375 e. The van der Waals surface area contributed by atoms with Crippen molar-refractivity contribution in [3.8, 4) is 11.3 Å². The van der Waals surface area contributed by atoms with E-state index < -0.39 is 13.0 Å². The monoisotopic (exact) mass is 393 g/mol. The van der Waals surface area contributed by atoms with Crippen molar-refractivity contribution in [2.24, 2.45) is 0 Å². The minimum Gasteiger partial charge on any atom is -0.475 e. The Morgan fingerprint density at radius 3 is 2.69 bits per heavy atom. The van der Waals surface area contributed by atoms with Gasteiger partial charge in [0.15, 0.2) is 0 Å². The Morgan fingerprint density at radius 2 is 2.08 bits per heavy atom. The maximum atomic E-state index is 11.3. The molecule has 1 aromatic carbocycles. The molecule has 0 radical (unpaired) electrons. The molecule has 0 amide bonds. The predicted molar refractivity (Wildman–Crippen MR) is 98.6 cm³/mol. The average molecular weight is 394 g/mol. The molecular weight excluding hydrogens is 380 g/mol. The first kappa shape index (κ1) is 18.6. The van der Waals surface area contributed by atoms with Gasteiger partial charge in [-0.15, -0.1) is 5.10 Å². The van der Waals surface area contributed by atoms with Crippen molar-refractivity contribution in [1.29, 1.82) is 0 Å². The summed E-state index contributed by atoms with van der Waals surface area (Å²) in [5, 5.41) is 26.5. The summed E-state index contributed by atoms with van der Waals surface area (Å²) in [5.41, 5.74) is 2.43. The Labute approximate surface area is 158 Å². The van der Waals surface area contributed by atoms with E-state index in [0.29, 0.717) is 32.6 Å². The number of benzene rings is 1. The van der Waals surface area contributed by atoms with E-state index in [1.807, 2.05) is 0 Å². The summed E-state index contributed by atoms with van der Waals surface area (Å²) in [6, 6.07) is 4.97. The van der Waals surface area contributed by atoms with Gasteiger partial charge in [0.25, 0.3) is 11.6 Å². The van der Waals surface area contributed by atoms with E-state index in [0.717, 1.165) is 0 Å². The minimum absolute atomic E-state index is 0.140. The Balaban J connectivity index is 2.33. The van der Waals surface area contributed by atoms with Crippen LogP contribution in [0.15, 0.2) is 18.2 Å². The Bertz CT molecular complexity index is 1010. The molecule has 0 aliphatic rings. The van der Waals surface area contributed by atoms with Crippen molar-refractivity contribution in [3.63, 3.8) is 0 Å². The first-order valence-electron chi connectivity index (χ1n) is 7.64. The molecule has 2 aromatic heterocycles. The van der Waals surface area contributed by atoms with Crippen LogP contribution in [-0.2, 0) is 6.54 Å². The first-order valence-corrected chi connectivity index (χ1v) is 8.40. The highest BCUT2D eigenvalue weighted by Crippen LogP contribution is 2.33. The summed E-state index contributed by atoms with van der Waals surface area (Å²) in [7, 11) is -0.746. The zero-order valence-electron chi connectivity index (χ0n) is 13.9. The maximum absolute atomic E-state index is 11.3. The molecule has 134 valence electrons. The second-order valence-electron chi connectivity index (χ2n) is 5.66. The molecule has 26 heavy (non-hydrogen) atoms. The normalized spacial score (nSPS) is 11.1. The van der Waals surface area contributed by atoms with Crippen LogP contribution in [0.5, 0.6) is 0 Å². The molecule has 0 fully saturated rings. The standard InChI is InChI=1S/C15H14BCl2N5O3/c1-7-10(6-19-16(2)26)12(9-4-3-8(17)5-11(9)18)23-15(20-7)21-13(22-23)14(24)25/h3-5,19,26H,6H2,1-2H3,(H,24,25). The summed E-state index contributed by atoms with van der Waals surface area (Å²) >= 11 is 12.4. The fourth-order valence-electron chi connectivity index (χ4n) is 2.55. The van der Waals surface area contributed by atoms with E-state index in [9.17, 15) is 14.9 Å². The zero-order valence-corrected chi connectivity index (χ0v) is 15.4. The van der Waals surface area contributed by atoms with E-state index >= 15 is 0 Å². The molecule has 0 aliphatic heterocycles. The zero-order chi connectivity index (χ0) is 19.0. The molecule has 0 saturated carbocycles. The van der Waals surface area contributed by atoms with Crippen LogP contribution >= 0.6 is 23.2 Å². The van der Waals surface area contributed by atoms with E-state index in [-0.39, 0.29) is 18.1 Å². The lowest BCUT2D eigenvalue weighted by Crippen LogP contribution is -2.30. The number of carboxylic acid groups (broad SMARTS) is 1. The Hall–Kier alpha value is -2.20. The van der Waals surface area contributed by atoms with E-state index in [1.165, 1.54) is 4.52 Å². The highest BCUT2D eigenvalue weighted by atomic mass is 35.5. The molecule has 3 rings (SSSR count). The molecule has 11 heteroatoms. The van der Waals surface area contributed by atoms with Crippen LogP contribution < -0.4 is 5.23 Å². The van der Waals surface area contributed by atoms with E-state index in [4.69, 9.17) is 23.2 Å². The summed E-state index contributed by atoms with van der Waals surface area (Å²) in [6.07, 6.45) is 0. The van der Waals surface area contributed by atoms with Gasteiger partial charge in [-0.3, -0.25) is 0 Å². The molecule has 0 atom stereocenters. The van der Waals surface area contributed by atoms with Gasteiger partial charge in [0.05, 0.1) is 10.7 Å². The number of aromatic carboxylic acids is 1. The number of fused-ring (bicyclic) bond motifs is 1. The number of aryl methyl sites for hydroxylation is 1. The number of halogens is 2. The van der Waals surface area contributed by atoms with Crippen molar-refractivity contribution in [3.05, 3.63) is 45.3 Å². The lowest BCUT2D eigenvalue weighted by atomic mass is 9.88. The molecule has 8 nitrogen and oxygen atoms in total. The number of nitrogens with one attached hydrogen (secondary N) is 1. The average Bonchev–Trinajstić information content (AvgIpc) is 2.96. The molecule has 2 heterocycles. The Morgan fingerprint density at radius 1 is 1.35 bits per heavy atom. The van der Waals surface area contributed by atoms with Crippen LogP contribution in [0.4, 0.5) is 0 Å². The molecular formula is C15H14BCl2N5O3. The first-order chi connectivity index (χ1) is 12.3. The number of hydrogen-bond acceptors (Lipinski definition) is 6. The van der Waals surface area contributed by atoms with Crippen molar-refractivity contribution >= 4 is 42.0 Å². The van der Waals surface area contributed by atoms with Gasteiger partial charge in [-0.1, -0.05) is 23.2 Å². The SMILES string of the molecule is CB(O)NCc1c(C)nc2nc(C(=O)O)nn2c1-c1ccc(Cl)cc1Cl. The second-order valence-corrected chi connectivity index (χ2v) is 6.50. The molecule has 0 saturated heterocycles. The van der Waals surface area contributed by atoms with Gasteiger partial charge in [0.1, 0.15) is 0 Å². The predicted octanol–water partition coefficient (Wildman–Crippen LogP) is 2.30. The van der Waals surface area contributed by atoms with Crippen molar-refractivity contribution in [2.45, 2.75) is 20.3 Å². The van der Waals surface area contributed by atoms with E-state index in [1.54, 1.807) is 31.9 Å². The topological polar surface area (TPSA) is 113 Å². The van der Waals surface area contributed by atoms with Crippen LogP contribution in [-0.4, -0.2) is 42.7 Å². The van der Waals surface area contributed by atoms with Crippen LogP contribution in [0, 0.1) is 6.92 Å². The van der Waals surface area contributed by atoms with Crippen LogP contribution in [0.2, 0.25) is 16.9 Å². The quantitative estimate of drug-likeness (QED) is 0.570. The summed E-state index contributed by atoms with van der Waals surface area (Å²) in [5.74, 6) is -1.49. The number of carbonyl (C=O) groups is 1. The van der Waals surface area contributed by atoms with Gasteiger partial charge in [0, 0.05) is 28.4 Å². The second kappa shape index (κ2) is 7.20. The van der Waals surface area contributed by atoms with Gasteiger partial charge in [0.2, 0.25) is 0 Å². The third-order valence-corrected chi connectivity index (χ3v) is 4.29. The van der Waals surface area contributed by atoms with Gasteiger partial charge in [-0.05, 0) is 31.9 Å².